The summed E-state index contributed by atoms with van der Waals surface area (Å²) >= 11 is 3.48. The maximum absolute atomic E-state index is 13.9. The largest absolute Gasteiger partial charge is 0.488 e. The number of fused-ring (bicyclic) bond motifs is 1. The Kier molecular flexibility index (Phi) is 5.92. The molecular weight excluding hydrogens is 441 g/mol. The van der Waals surface area contributed by atoms with Crippen molar-refractivity contribution in [3.63, 3.8) is 0 Å². The third-order valence-electron chi connectivity index (χ3n) is 4.79. The molecule has 30 heavy (non-hydrogen) atoms. The van der Waals surface area contributed by atoms with Crippen molar-refractivity contribution in [3.05, 3.63) is 112 Å². The first-order chi connectivity index (χ1) is 14.6. The molecule has 4 aromatic rings. The van der Waals surface area contributed by atoms with Crippen molar-refractivity contribution in [1.29, 1.82) is 5.26 Å². The molecule has 0 aromatic heterocycles. The lowest BCUT2D eigenvalue weighted by atomic mass is 10.00. The number of hydrogen-bond donors (Lipinski definition) is 0. The Hall–Kier alpha value is -3.42. The minimum Gasteiger partial charge on any atom is -0.488 e. The van der Waals surface area contributed by atoms with Crippen molar-refractivity contribution in [2.24, 2.45) is 0 Å². The highest BCUT2D eigenvalue weighted by atomic mass is 79.9. The molecular formula is C26H17BrFNO. The van der Waals surface area contributed by atoms with E-state index in [1.165, 1.54) is 6.07 Å². The average molecular weight is 458 g/mol. The van der Waals surface area contributed by atoms with E-state index >= 15 is 0 Å². The molecule has 0 amide bonds. The van der Waals surface area contributed by atoms with Crippen molar-refractivity contribution in [2.45, 2.75) is 6.61 Å². The molecule has 4 aromatic carbocycles. The highest BCUT2D eigenvalue weighted by Gasteiger charge is 2.09. The van der Waals surface area contributed by atoms with E-state index in [0.717, 1.165) is 26.4 Å². The van der Waals surface area contributed by atoms with Crippen LogP contribution in [0.15, 0.2) is 89.4 Å². The Morgan fingerprint density at radius 3 is 2.50 bits per heavy atom. The van der Waals surface area contributed by atoms with Gasteiger partial charge in [0.25, 0.3) is 0 Å². The van der Waals surface area contributed by atoms with Crippen molar-refractivity contribution in [1.82, 2.24) is 0 Å². The van der Waals surface area contributed by atoms with Crippen LogP contribution in [0.3, 0.4) is 0 Å². The molecule has 0 aliphatic heterocycles. The van der Waals surface area contributed by atoms with E-state index in [0.29, 0.717) is 16.9 Å². The van der Waals surface area contributed by atoms with Gasteiger partial charge in [-0.2, -0.15) is 5.26 Å². The summed E-state index contributed by atoms with van der Waals surface area (Å²) in [7, 11) is 0. The van der Waals surface area contributed by atoms with E-state index in [9.17, 15) is 9.65 Å². The van der Waals surface area contributed by atoms with Crippen LogP contribution in [0.1, 0.15) is 16.7 Å². The second-order valence-electron chi connectivity index (χ2n) is 6.79. The summed E-state index contributed by atoms with van der Waals surface area (Å²) in [5.74, 6) is 0.274. The zero-order valence-electron chi connectivity index (χ0n) is 16.0. The number of rotatable bonds is 5. The van der Waals surface area contributed by atoms with Gasteiger partial charge in [0.05, 0.1) is 11.6 Å². The third-order valence-corrected chi connectivity index (χ3v) is 5.29. The lowest BCUT2D eigenvalue weighted by molar-refractivity contribution is 0.299. The fraction of sp³-hybridized carbons (Fsp3) is 0.0385. The molecule has 0 fully saturated rings. The molecule has 0 saturated carbocycles. The normalized spacial score (nSPS) is 11.3. The number of nitrogens with zero attached hydrogens (tertiary/aromatic N) is 1. The maximum Gasteiger partial charge on any atom is 0.129 e. The lowest BCUT2D eigenvalue weighted by Crippen LogP contribution is -1.99. The van der Waals surface area contributed by atoms with Gasteiger partial charge in [0, 0.05) is 15.6 Å². The quantitative estimate of drug-likeness (QED) is 0.231. The van der Waals surface area contributed by atoms with Gasteiger partial charge in [-0.05, 0) is 52.7 Å². The minimum atomic E-state index is -0.305. The first-order valence-electron chi connectivity index (χ1n) is 9.41. The monoisotopic (exact) mass is 457 g/mol. The first kappa shape index (κ1) is 19.9. The Morgan fingerprint density at radius 2 is 1.70 bits per heavy atom. The molecule has 0 saturated heterocycles. The molecule has 0 unspecified atom stereocenters. The van der Waals surface area contributed by atoms with E-state index < -0.39 is 0 Å². The summed E-state index contributed by atoms with van der Waals surface area (Å²) in [6.45, 7) is 0.104. The molecule has 4 rings (SSSR count). The second-order valence-corrected chi connectivity index (χ2v) is 7.71. The SMILES string of the molecule is N#C/C(=C/c1cc(Br)ccc1OCc1ccccc1F)c1ccc2ccccc2c1. The van der Waals surface area contributed by atoms with Crippen molar-refractivity contribution >= 4 is 38.4 Å². The zero-order valence-corrected chi connectivity index (χ0v) is 17.6. The van der Waals surface area contributed by atoms with Gasteiger partial charge < -0.3 is 4.74 Å². The molecule has 0 heterocycles. The summed E-state index contributed by atoms with van der Waals surface area (Å²) in [6.07, 6.45) is 1.80. The molecule has 4 heteroatoms. The van der Waals surface area contributed by atoms with E-state index in [4.69, 9.17) is 4.74 Å². The van der Waals surface area contributed by atoms with Gasteiger partial charge in [-0.1, -0.05) is 70.5 Å². The van der Waals surface area contributed by atoms with Crippen molar-refractivity contribution in [3.8, 4) is 11.8 Å². The summed E-state index contributed by atoms with van der Waals surface area (Å²) < 4.78 is 20.7. The lowest BCUT2D eigenvalue weighted by Gasteiger charge is -2.11. The fourth-order valence-corrected chi connectivity index (χ4v) is 3.61. The highest BCUT2D eigenvalue weighted by Crippen LogP contribution is 2.29. The van der Waals surface area contributed by atoms with Crippen LogP contribution in [0.25, 0.3) is 22.4 Å². The van der Waals surface area contributed by atoms with Gasteiger partial charge in [-0.15, -0.1) is 0 Å². The fourth-order valence-electron chi connectivity index (χ4n) is 3.23. The number of ether oxygens (including phenoxy) is 1. The van der Waals surface area contributed by atoms with Crippen LogP contribution in [0.5, 0.6) is 5.75 Å². The molecule has 146 valence electrons. The second kappa shape index (κ2) is 8.94. The summed E-state index contributed by atoms with van der Waals surface area (Å²) in [4.78, 5) is 0. The molecule has 0 N–H and O–H groups in total. The topological polar surface area (TPSA) is 33.0 Å². The van der Waals surface area contributed by atoms with Gasteiger partial charge in [-0.3, -0.25) is 0 Å². The molecule has 2 nitrogen and oxygen atoms in total. The zero-order chi connectivity index (χ0) is 20.9. The number of nitriles is 1. The molecule has 0 spiro atoms. The Labute approximate surface area is 183 Å². The van der Waals surface area contributed by atoms with E-state index in [-0.39, 0.29) is 12.4 Å². The number of hydrogen-bond acceptors (Lipinski definition) is 2. The molecule has 0 radical (unpaired) electrons. The first-order valence-corrected chi connectivity index (χ1v) is 10.2. The van der Waals surface area contributed by atoms with Crippen LogP contribution in [0.2, 0.25) is 0 Å². The number of benzene rings is 4. The van der Waals surface area contributed by atoms with Crippen molar-refractivity contribution < 1.29 is 9.13 Å². The van der Waals surface area contributed by atoms with Gasteiger partial charge in [0.2, 0.25) is 0 Å². The predicted molar refractivity (Wildman–Crippen MR) is 122 cm³/mol. The van der Waals surface area contributed by atoms with Gasteiger partial charge in [0.15, 0.2) is 0 Å². The van der Waals surface area contributed by atoms with Crippen LogP contribution < -0.4 is 4.74 Å². The van der Waals surface area contributed by atoms with Gasteiger partial charge >= 0.3 is 0 Å². The smallest absolute Gasteiger partial charge is 0.129 e. The van der Waals surface area contributed by atoms with E-state index in [1.807, 2.05) is 60.7 Å². The summed E-state index contributed by atoms with van der Waals surface area (Å²) in [5, 5.41) is 12.0. The van der Waals surface area contributed by atoms with Crippen LogP contribution >= 0.6 is 15.9 Å². The standard InChI is InChI=1S/C26H17BrFNO/c27-24-11-12-26(30-17-21-7-3-4-8-25(21)28)22(15-24)14-23(16-29)20-10-9-18-5-1-2-6-19(18)13-20/h1-15H,17H2/b23-14-. The minimum absolute atomic E-state index is 0.104. The molecule has 0 aliphatic rings. The van der Waals surface area contributed by atoms with E-state index in [1.54, 1.807) is 24.3 Å². The van der Waals surface area contributed by atoms with Crippen LogP contribution in [-0.2, 0) is 6.61 Å². The van der Waals surface area contributed by atoms with Crippen molar-refractivity contribution in [2.75, 3.05) is 0 Å². The number of halogens is 2. The van der Waals surface area contributed by atoms with E-state index in [2.05, 4.69) is 22.0 Å². The summed E-state index contributed by atoms with van der Waals surface area (Å²) in [6, 6.07) is 28.4. The molecule has 0 atom stereocenters. The van der Waals surface area contributed by atoms with Gasteiger partial charge in [0.1, 0.15) is 18.2 Å². The third kappa shape index (κ3) is 4.42. The van der Waals surface area contributed by atoms with Crippen LogP contribution in [-0.4, -0.2) is 0 Å². The molecule has 0 aliphatic carbocycles. The van der Waals surface area contributed by atoms with Crippen LogP contribution in [0.4, 0.5) is 4.39 Å². The molecule has 0 bridgehead atoms. The van der Waals surface area contributed by atoms with Gasteiger partial charge in [-0.25, -0.2) is 4.39 Å². The average Bonchev–Trinajstić information content (AvgIpc) is 2.77. The predicted octanol–water partition coefficient (Wildman–Crippen LogP) is 7.38. The maximum atomic E-state index is 13.9. The van der Waals surface area contributed by atoms with Crippen LogP contribution in [0, 0.1) is 17.1 Å². The number of allylic oxidation sites excluding steroid dienone is 1. The Bertz CT molecular complexity index is 1290. The Morgan fingerprint density at radius 1 is 0.933 bits per heavy atom. The highest BCUT2D eigenvalue weighted by molar-refractivity contribution is 9.10. The Balaban J connectivity index is 1.69. The summed E-state index contributed by atoms with van der Waals surface area (Å²) in [5.41, 5.74) is 2.57.